The topological polar surface area (TPSA) is 38.8 Å². The van der Waals surface area contributed by atoms with Gasteiger partial charge in [-0.15, -0.1) is 11.8 Å². The molecule has 1 atom stereocenters. The highest BCUT2D eigenvalue weighted by Gasteiger charge is 2.56. The molecule has 0 aliphatic carbocycles. The van der Waals surface area contributed by atoms with Crippen molar-refractivity contribution in [3.63, 3.8) is 0 Å². The van der Waals surface area contributed by atoms with E-state index in [1.807, 2.05) is 120 Å². The van der Waals surface area contributed by atoms with Crippen molar-refractivity contribution in [3.8, 4) is 21.3 Å². The number of hydrogen-bond donors (Lipinski definition) is 0. The van der Waals surface area contributed by atoms with E-state index in [2.05, 4.69) is 9.85 Å². The number of rotatable bonds is 8. The van der Waals surface area contributed by atoms with Crippen LogP contribution in [-0.2, 0) is 9.67 Å². The summed E-state index contributed by atoms with van der Waals surface area (Å²) in [5.41, 5.74) is 2.79. The van der Waals surface area contributed by atoms with Gasteiger partial charge in [0.25, 0.3) is 0 Å². The van der Waals surface area contributed by atoms with E-state index < -0.39 is 4.87 Å². The molecule has 0 saturated carbocycles. The first-order chi connectivity index (χ1) is 16.7. The Morgan fingerprint density at radius 3 is 1.94 bits per heavy atom. The summed E-state index contributed by atoms with van der Waals surface area (Å²) >= 11 is 3.63. The van der Waals surface area contributed by atoms with Crippen LogP contribution in [0.25, 0.3) is 0 Å². The number of halogens is 1. The number of hydrogen-bond acceptors (Lipinski definition) is 4. The maximum Gasteiger partial charge on any atom is 0.242 e. The van der Waals surface area contributed by atoms with Crippen LogP contribution in [0, 0.1) is 9.85 Å². The molecule has 0 radical (unpaired) electrons. The molecular formula is C28H26INO3S. The normalized spacial score (nSPS) is 16.6. The molecule has 1 saturated heterocycles. The van der Waals surface area contributed by atoms with Crippen molar-refractivity contribution in [1.82, 2.24) is 4.90 Å². The van der Waals surface area contributed by atoms with Gasteiger partial charge in [0.1, 0.15) is 21.6 Å². The molecule has 0 N–H and O–H groups in total. The minimum atomic E-state index is -0.879. The number of thioether (sulfide) groups is 1. The first kappa shape index (κ1) is 24.5. The van der Waals surface area contributed by atoms with Crippen LogP contribution in [0.1, 0.15) is 35.8 Å². The van der Waals surface area contributed by atoms with Gasteiger partial charge in [0.2, 0.25) is 5.91 Å². The smallest absolute Gasteiger partial charge is 0.242 e. The molecule has 174 valence electrons. The highest BCUT2D eigenvalue weighted by Crippen LogP contribution is 2.61. The Balaban J connectivity index is 2.03. The molecule has 3 aromatic rings. The first-order valence-electron chi connectivity index (χ1n) is 11.2. The molecule has 3 aromatic carbocycles. The lowest BCUT2D eigenvalue weighted by atomic mass is 9.93. The fourth-order valence-corrected chi connectivity index (χ4v) is 6.24. The summed E-state index contributed by atoms with van der Waals surface area (Å²) in [6.45, 7) is 5.27. The third kappa shape index (κ3) is 4.51. The van der Waals surface area contributed by atoms with Gasteiger partial charge in [-0.1, -0.05) is 72.7 Å². The Kier molecular flexibility index (Phi) is 8.07. The largest absolute Gasteiger partial charge is 0.493 e. The minimum absolute atomic E-state index is 0.0213. The van der Waals surface area contributed by atoms with Crippen molar-refractivity contribution in [3.05, 3.63) is 95.6 Å². The summed E-state index contributed by atoms with van der Waals surface area (Å²) in [5.74, 6) is 4.65. The molecule has 0 spiro atoms. The second kappa shape index (κ2) is 11.2. The summed E-state index contributed by atoms with van der Waals surface area (Å²) in [5, 5.41) is -0.387. The van der Waals surface area contributed by atoms with E-state index in [4.69, 9.17) is 9.47 Å². The second-order valence-corrected chi connectivity index (χ2v) is 9.44. The fourth-order valence-electron chi connectivity index (χ4n) is 4.34. The van der Waals surface area contributed by atoms with E-state index in [9.17, 15) is 4.79 Å². The third-order valence-electron chi connectivity index (χ3n) is 5.67. The van der Waals surface area contributed by atoms with Crippen LogP contribution < -0.4 is 9.47 Å². The van der Waals surface area contributed by atoms with Gasteiger partial charge >= 0.3 is 0 Å². The average Bonchev–Trinajstić information content (AvgIpc) is 3.17. The van der Waals surface area contributed by atoms with Crippen molar-refractivity contribution in [2.45, 2.75) is 24.0 Å². The Morgan fingerprint density at radius 2 is 1.41 bits per heavy atom. The van der Waals surface area contributed by atoms with E-state index in [-0.39, 0.29) is 11.2 Å². The molecule has 1 aliphatic rings. The van der Waals surface area contributed by atoms with E-state index >= 15 is 0 Å². The number of para-hydroxylation sites is 2. The lowest BCUT2D eigenvalue weighted by Crippen LogP contribution is -2.44. The summed E-state index contributed by atoms with van der Waals surface area (Å²) in [4.78, 5) is 15.1. The molecule has 4 rings (SSSR count). The molecule has 4 nitrogen and oxygen atoms in total. The van der Waals surface area contributed by atoms with Gasteiger partial charge in [0, 0.05) is 33.7 Å². The maximum atomic E-state index is 14.1. The molecule has 1 fully saturated rings. The number of carbonyl (C=O) groups is 1. The average molecular weight is 583 g/mol. The van der Waals surface area contributed by atoms with Crippen LogP contribution in [0.15, 0.2) is 78.9 Å². The van der Waals surface area contributed by atoms with Crippen LogP contribution in [-0.4, -0.2) is 30.6 Å². The number of ether oxygens (including phenoxy) is 2. The SMILES string of the molecule is CCOc1ccccc1C1(c2ccccc2OCC)SC(c2ccccc2)C(=O)N1CC#CI. The molecule has 6 heteroatoms. The van der Waals surface area contributed by atoms with Crippen LogP contribution >= 0.6 is 34.4 Å². The van der Waals surface area contributed by atoms with Crippen molar-refractivity contribution >= 4 is 40.3 Å². The quantitative estimate of drug-likeness (QED) is 0.228. The molecule has 34 heavy (non-hydrogen) atoms. The second-order valence-electron chi connectivity index (χ2n) is 7.61. The predicted octanol–water partition coefficient (Wildman–Crippen LogP) is 6.40. The van der Waals surface area contributed by atoms with Crippen molar-refractivity contribution in [2.24, 2.45) is 0 Å². The van der Waals surface area contributed by atoms with Gasteiger partial charge < -0.3 is 14.4 Å². The predicted molar refractivity (Wildman–Crippen MR) is 146 cm³/mol. The monoisotopic (exact) mass is 583 g/mol. The van der Waals surface area contributed by atoms with Gasteiger partial charge in [0.05, 0.1) is 19.8 Å². The molecule has 0 bridgehead atoms. The van der Waals surface area contributed by atoms with Crippen LogP contribution in [0.2, 0.25) is 0 Å². The number of benzene rings is 3. The molecule has 1 aliphatic heterocycles. The fraction of sp³-hybridized carbons (Fsp3) is 0.250. The van der Waals surface area contributed by atoms with Gasteiger partial charge in [-0.05, 0) is 35.5 Å². The van der Waals surface area contributed by atoms with Crippen LogP contribution in [0.5, 0.6) is 11.5 Å². The van der Waals surface area contributed by atoms with Gasteiger partial charge in [-0.2, -0.15) is 0 Å². The molecular weight excluding hydrogens is 557 g/mol. The summed E-state index contributed by atoms with van der Waals surface area (Å²) in [6.07, 6.45) is 0. The highest BCUT2D eigenvalue weighted by molar-refractivity contribution is 14.1. The lowest BCUT2D eigenvalue weighted by molar-refractivity contribution is -0.131. The Labute approximate surface area is 219 Å². The summed E-state index contributed by atoms with van der Waals surface area (Å²) in [7, 11) is 0. The number of carbonyl (C=O) groups excluding carboxylic acids is 1. The first-order valence-corrected chi connectivity index (χ1v) is 13.2. The highest BCUT2D eigenvalue weighted by atomic mass is 127. The molecule has 1 unspecified atom stereocenters. The van der Waals surface area contributed by atoms with E-state index in [0.717, 1.165) is 28.2 Å². The van der Waals surface area contributed by atoms with Gasteiger partial charge in [-0.3, -0.25) is 4.79 Å². The zero-order chi connectivity index (χ0) is 24.0. The third-order valence-corrected chi connectivity index (χ3v) is 7.76. The lowest BCUT2D eigenvalue weighted by Gasteiger charge is -2.39. The molecule has 1 heterocycles. The zero-order valence-electron chi connectivity index (χ0n) is 19.2. The number of amides is 1. The van der Waals surface area contributed by atoms with Crippen molar-refractivity contribution in [2.75, 3.05) is 19.8 Å². The Bertz CT molecular complexity index is 1160. The zero-order valence-corrected chi connectivity index (χ0v) is 22.1. The van der Waals surface area contributed by atoms with E-state index in [1.165, 1.54) is 0 Å². The van der Waals surface area contributed by atoms with Crippen LogP contribution in [0.4, 0.5) is 0 Å². The Morgan fingerprint density at radius 1 is 0.882 bits per heavy atom. The van der Waals surface area contributed by atoms with E-state index in [1.54, 1.807) is 11.8 Å². The van der Waals surface area contributed by atoms with E-state index in [0.29, 0.717) is 19.8 Å². The van der Waals surface area contributed by atoms with Crippen molar-refractivity contribution < 1.29 is 14.3 Å². The van der Waals surface area contributed by atoms with Crippen LogP contribution in [0.3, 0.4) is 0 Å². The van der Waals surface area contributed by atoms with Crippen molar-refractivity contribution in [1.29, 1.82) is 0 Å². The van der Waals surface area contributed by atoms with Gasteiger partial charge in [0.15, 0.2) is 0 Å². The molecule has 0 aromatic heterocycles. The summed E-state index contributed by atoms with van der Waals surface area (Å²) in [6, 6.07) is 25.9. The standard InChI is InChI=1S/C28H26INO3S/c1-3-32-24-17-10-8-15-22(24)28(23-16-9-11-18-25(23)33-4-2)30(20-12-19-29)27(31)26(34-28)21-13-6-5-7-14-21/h5-11,13-18,26H,3-4,20H2,1-2H3. The molecule has 1 amide bonds. The Hall–Kier alpha value is -2.63. The minimum Gasteiger partial charge on any atom is -0.493 e. The van der Waals surface area contributed by atoms with Gasteiger partial charge in [-0.25, -0.2) is 0 Å². The summed E-state index contributed by atoms with van der Waals surface area (Å²) < 4.78 is 15.1. The number of nitrogens with zero attached hydrogens (tertiary/aromatic N) is 1. The maximum absolute atomic E-state index is 14.1.